The van der Waals surface area contributed by atoms with Crippen LogP contribution in [0.5, 0.6) is 11.5 Å². The van der Waals surface area contributed by atoms with E-state index in [1.165, 1.54) is 67.8 Å². The van der Waals surface area contributed by atoms with Gasteiger partial charge in [-0.25, -0.2) is 8.42 Å². The van der Waals surface area contributed by atoms with Gasteiger partial charge in [-0.1, -0.05) is 12.1 Å². The maximum Gasteiger partial charge on any atom is 0.296 e. The van der Waals surface area contributed by atoms with E-state index >= 15 is 0 Å². The zero-order valence-electron chi connectivity index (χ0n) is 30.4. The topological polar surface area (TPSA) is 346 Å². The van der Waals surface area contributed by atoms with E-state index in [4.69, 9.17) is 4.74 Å². The molecule has 6 aromatic rings. The second-order valence-corrected chi connectivity index (χ2v) is 18.6. The highest BCUT2D eigenvalue weighted by molar-refractivity contribution is 7.91. The number of nitrogens with zero attached hydrogens (tertiary/aromatic N) is 5. The van der Waals surface area contributed by atoms with E-state index < -0.39 is 84.4 Å². The van der Waals surface area contributed by atoms with Crippen molar-refractivity contribution in [3.63, 3.8) is 0 Å². The number of ether oxygens (including phenoxy) is 1. The molecule has 26 heteroatoms. The molecule has 60 heavy (non-hydrogen) atoms. The fourth-order valence-electron chi connectivity index (χ4n) is 5.41. The number of fused-ring (bicyclic) bond motifs is 1. The minimum atomic E-state index is -5.15. The van der Waals surface area contributed by atoms with Crippen molar-refractivity contribution in [2.75, 3.05) is 35.4 Å². The maximum atomic E-state index is 12.6. The molecule has 0 aliphatic rings. The number of nitrogens with one attached hydrogen (secondary N) is 3. The molecule has 22 nitrogen and oxygen atoms in total. The molecule has 6 rings (SSSR count). The van der Waals surface area contributed by atoms with Gasteiger partial charge in [0.25, 0.3) is 30.4 Å². The van der Waals surface area contributed by atoms with Crippen molar-refractivity contribution in [1.29, 1.82) is 0 Å². The fraction of sp³-hybridized carbons (Fsp3) is 0.0882. The Morgan fingerprint density at radius 2 is 1.17 bits per heavy atom. The number of phenolic OH excluding ortho intramolecular Hbond substituents is 1. The SMILES string of the molecule is COc1ccc(N=Nc2c(S(=O)(=O)O)cc3cc(Nc4nc(Nc5cccc(S(=O)(=O)O)c5)nc(Nc5cccc(S(=O)(=O)CCO)c5)n4)ccc3c2O)c(S(=O)(=O)O)c1. The number of phenols is 1. The summed E-state index contributed by atoms with van der Waals surface area (Å²) in [4.78, 5) is 10.6. The lowest BCUT2D eigenvalue weighted by Gasteiger charge is -2.13. The first-order chi connectivity index (χ1) is 28.1. The van der Waals surface area contributed by atoms with Gasteiger partial charge in [-0.3, -0.25) is 13.7 Å². The Balaban J connectivity index is 1.40. The summed E-state index contributed by atoms with van der Waals surface area (Å²) >= 11 is 0. The van der Waals surface area contributed by atoms with Gasteiger partial charge in [0.1, 0.15) is 26.9 Å². The summed E-state index contributed by atoms with van der Waals surface area (Å²) in [6.07, 6.45) is 0. The molecule has 8 N–H and O–H groups in total. The monoisotopic (exact) mass is 902 g/mol. The number of aliphatic hydroxyl groups is 1. The van der Waals surface area contributed by atoms with E-state index in [2.05, 4.69) is 41.1 Å². The molecule has 0 radical (unpaired) electrons. The second-order valence-electron chi connectivity index (χ2n) is 12.2. The van der Waals surface area contributed by atoms with Crippen LogP contribution in [0.3, 0.4) is 0 Å². The Labute approximate surface area is 340 Å². The van der Waals surface area contributed by atoms with E-state index in [1.807, 2.05) is 0 Å². The van der Waals surface area contributed by atoms with Crippen LogP contribution >= 0.6 is 0 Å². The van der Waals surface area contributed by atoms with Crippen LogP contribution in [0, 0.1) is 0 Å². The molecule has 1 aromatic heterocycles. The van der Waals surface area contributed by atoms with E-state index in [9.17, 15) is 57.5 Å². The van der Waals surface area contributed by atoms with Gasteiger partial charge in [0, 0.05) is 28.5 Å². The Morgan fingerprint density at radius 1 is 0.617 bits per heavy atom. The third-order valence-electron chi connectivity index (χ3n) is 8.12. The van der Waals surface area contributed by atoms with Crippen LogP contribution in [0.25, 0.3) is 10.8 Å². The smallest absolute Gasteiger partial charge is 0.296 e. The molecule has 0 aliphatic heterocycles. The molecule has 0 fully saturated rings. The van der Waals surface area contributed by atoms with E-state index in [1.54, 1.807) is 0 Å². The van der Waals surface area contributed by atoms with Gasteiger partial charge in [0.05, 0.1) is 29.3 Å². The third-order valence-corrected chi connectivity index (χ3v) is 12.4. The van der Waals surface area contributed by atoms with Crippen molar-refractivity contribution in [2.45, 2.75) is 19.6 Å². The molecule has 5 aromatic carbocycles. The number of methoxy groups -OCH3 is 1. The first-order valence-electron chi connectivity index (χ1n) is 16.6. The van der Waals surface area contributed by atoms with Crippen molar-refractivity contribution >= 4 is 97.2 Å². The highest BCUT2D eigenvalue weighted by atomic mass is 32.2. The molecule has 0 atom stereocenters. The zero-order chi connectivity index (χ0) is 43.6. The lowest BCUT2D eigenvalue weighted by Crippen LogP contribution is -2.11. The summed E-state index contributed by atoms with van der Waals surface area (Å²) in [6.45, 7) is -0.612. The summed E-state index contributed by atoms with van der Waals surface area (Å²) in [5.74, 6) is -1.90. The van der Waals surface area contributed by atoms with Gasteiger partial charge >= 0.3 is 0 Å². The van der Waals surface area contributed by atoms with Gasteiger partial charge < -0.3 is 30.9 Å². The van der Waals surface area contributed by atoms with Gasteiger partial charge in [-0.15, -0.1) is 10.2 Å². The molecule has 0 spiro atoms. The van der Waals surface area contributed by atoms with E-state index in [-0.39, 0.29) is 56.3 Å². The predicted octanol–water partition coefficient (Wildman–Crippen LogP) is 4.89. The lowest BCUT2D eigenvalue weighted by atomic mass is 10.1. The zero-order valence-corrected chi connectivity index (χ0v) is 33.6. The minimum absolute atomic E-state index is 0.000770. The third kappa shape index (κ3) is 10.1. The summed E-state index contributed by atoms with van der Waals surface area (Å²) < 4.78 is 132. The molecule has 314 valence electrons. The Morgan fingerprint density at radius 3 is 1.70 bits per heavy atom. The summed E-state index contributed by atoms with van der Waals surface area (Å²) in [5.41, 5.74) is -0.790. The average molecular weight is 903 g/mol. The van der Waals surface area contributed by atoms with Crippen molar-refractivity contribution in [3.8, 4) is 11.5 Å². The van der Waals surface area contributed by atoms with Crippen LogP contribution < -0.4 is 20.7 Å². The molecule has 0 amide bonds. The number of benzene rings is 5. The molecular formula is C34H30N8O14S4. The highest BCUT2D eigenvalue weighted by Crippen LogP contribution is 2.43. The van der Waals surface area contributed by atoms with Crippen LogP contribution in [0.1, 0.15) is 0 Å². The number of aliphatic hydroxyl groups excluding tert-OH is 1. The number of azo groups is 1. The molecule has 0 unspecified atom stereocenters. The van der Waals surface area contributed by atoms with E-state index in [0.29, 0.717) is 0 Å². The Kier molecular flexibility index (Phi) is 12.0. The first-order valence-corrected chi connectivity index (χ1v) is 22.5. The predicted molar refractivity (Wildman–Crippen MR) is 214 cm³/mol. The van der Waals surface area contributed by atoms with Crippen molar-refractivity contribution in [1.82, 2.24) is 15.0 Å². The van der Waals surface area contributed by atoms with Crippen LogP contribution in [0.15, 0.2) is 121 Å². The largest absolute Gasteiger partial charge is 0.505 e. The Bertz CT molecular complexity index is 3150. The quantitative estimate of drug-likeness (QED) is 0.0502. The first kappa shape index (κ1) is 43.2. The fourth-order valence-corrected chi connectivity index (χ4v) is 8.30. The second kappa shape index (κ2) is 16.7. The number of hydrogen-bond donors (Lipinski definition) is 8. The van der Waals surface area contributed by atoms with Crippen LogP contribution in [0.2, 0.25) is 0 Å². The molecule has 0 saturated carbocycles. The normalized spacial score (nSPS) is 12.4. The summed E-state index contributed by atoms with van der Waals surface area (Å²) in [5, 5.41) is 36.3. The van der Waals surface area contributed by atoms with Crippen molar-refractivity contribution in [3.05, 3.63) is 91.0 Å². The number of aromatic hydroxyl groups is 1. The summed E-state index contributed by atoms with van der Waals surface area (Å²) in [7, 11) is -17.3. The average Bonchev–Trinajstić information content (AvgIpc) is 3.16. The number of sulfone groups is 1. The molecule has 1 heterocycles. The highest BCUT2D eigenvalue weighted by Gasteiger charge is 2.24. The van der Waals surface area contributed by atoms with Gasteiger partial charge in [-0.2, -0.15) is 40.2 Å². The minimum Gasteiger partial charge on any atom is -0.505 e. The van der Waals surface area contributed by atoms with Gasteiger partial charge in [0.2, 0.25) is 17.8 Å². The lowest BCUT2D eigenvalue weighted by molar-refractivity contribution is 0.319. The number of hydrogen-bond acceptors (Lipinski definition) is 19. The molecule has 0 saturated heterocycles. The summed E-state index contributed by atoms with van der Waals surface area (Å²) in [6, 6.07) is 18.8. The van der Waals surface area contributed by atoms with Crippen molar-refractivity contribution < 1.29 is 62.3 Å². The van der Waals surface area contributed by atoms with E-state index in [0.717, 1.165) is 30.3 Å². The van der Waals surface area contributed by atoms with Gasteiger partial charge in [-0.05, 0) is 78.2 Å². The number of aromatic nitrogens is 3. The molecule has 0 aliphatic carbocycles. The molecule has 0 bridgehead atoms. The molecular weight excluding hydrogens is 873 g/mol. The van der Waals surface area contributed by atoms with Crippen LogP contribution in [0.4, 0.5) is 46.3 Å². The van der Waals surface area contributed by atoms with Crippen LogP contribution in [-0.2, 0) is 40.2 Å². The standard InChI is InChI=1S/C34H30N8O14S4/c1-56-23-9-11-27(28(18-23)59(50,51)52)41-42-30-29(60(53,54)55)15-19-14-22(8-10-26(19)31(30)44)37-34-39-32(35-20-4-2-6-24(16-20)57(45,46)13-12-43)38-33(40-34)36-21-5-3-7-25(17-21)58(47,48)49/h2-11,14-18,43-44H,12-13H2,1H3,(H,47,48,49)(H,50,51,52)(H,53,54,55)(H3,35,36,37,38,39,40). The van der Waals surface area contributed by atoms with Gasteiger partial charge in [0.15, 0.2) is 15.6 Å². The Hall–Kier alpha value is -6.39. The maximum absolute atomic E-state index is 12.6. The number of anilines is 6. The van der Waals surface area contributed by atoms with Crippen molar-refractivity contribution in [2.24, 2.45) is 10.2 Å². The van der Waals surface area contributed by atoms with Crippen LogP contribution in [-0.4, -0.2) is 92.0 Å². The number of rotatable bonds is 15.